The highest BCUT2D eigenvalue weighted by molar-refractivity contribution is 6.17. The Morgan fingerprint density at radius 2 is 0.871 bits per heavy atom. The van der Waals surface area contributed by atoms with Crippen LogP contribution in [-0.4, -0.2) is 4.57 Å². The van der Waals surface area contributed by atoms with Crippen LogP contribution in [0.5, 0.6) is 0 Å². The summed E-state index contributed by atoms with van der Waals surface area (Å²) in [5.74, 6) is 0. The first-order valence-corrected chi connectivity index (χ1v) is 21.3. The fourth-order valence-electron chi connectivity index (χ4n) is 9.55. The van der Waals surface area contributed by atoms with E-state index >= 15 is 0 Å². The van der Waals surface area contributed by atoms with Crippen LogP contribution in [0.2, 0.25) is 0 Å². The molecule has 0 radical (unpaired) electrons. The van der Waals surface area contributed by atoms with E-state index in [2.05, 4.69) is 252 Å². The van der Waals surface area contributed by atoms with Crippen LogP contribution >= 0.6 is 0 Å². The second kappa shape index (κ2) is 14.8. The minimum Gasteiger partial charge on any atom is -0.310 e. The number of hydrogen-bond acceptors (Lipinski definition) is 1. The first-order valence-electron chi connectivity index (χ1n) is 21.3. The van der Waals surface area contributed by atoms with E-state index in [4.69, 9.17) is 0 Å². The van der Waals surface area contributed by atoms with Crippen LogP contribution in [0.1, 0.15) is 0 Å². The van der Waals surface area contributed by atoms with Gasteiger partial charge in [0.1, 0.15) is 0 Å². The van der Waals surface area contributed by atoms with E-state index in [9.17, 15) is 0 Å². The maximum atomic E-state index is 2.42. The number of aromatic nitrogens is 1. The molecule has 0 fully saturated rings. The van der Waals surface area contributed by atoms with Gasteiger partial charge in [-0.1, -0.05) is 170 Å². The first kappa shape index (κ1) is 35.7. The van der Waals surface area contributed by atoms with E-state index in [0.717, 1.165) is 28.3 Å². The summed E-state index contributed by atoms with van der Waals surface area (Å²) in [5.41, 5.74) is 13.9. The Bertz CT molecular complexity index is 3620. The number of fused-ring (bicyclic) bond motifs is 7. The van der Waals surface area contributed by atoms with Gasteiger partial charge in [-0.3, -0.25) is 0 Å². The van der Waals surface area contributed by atoms with Crippen LogP contribution in [0.3, 0.4) is 0 Å². The smallest absolute Gasteiger partial charge is 0.0553 e. The zero-order valence-electron chi connectivity index (χ0n) is 34.0. The summed E-state index contributed by atoms with van der Waals surface area (Å²) >= 11 is 0. The Labute approximate surface area is 360 Å². The van der Waals surface area contributed by atoms with Gasteiger partial charge in [-0.05, 0) is 138 Å². The Kier molecular flexibility index (Phi) is 8.53. The maximum Gasteiger partial charge on any atom is 0.0553 e. The van der Waals surface area contributed by atoms with Crippen molar-refractivity contribution in [1.29, 1.82) is 0 Å². The predicted octanol–water partition coefficient (Wildman–Crippen LogP) is 16.7. The van der Waals surface area contributed by atoms with Gasteiger partial charge in [0.2, 0.25) is 0 Å². The molecule has 2 heteroatoms. The van der Waals surface area contributed by atoms with E-state index in [1.165, 1.54) is 81.9 Å². The zero-order chi connectivity index (χ0) is 41.0. The van der Waals surface area contributed by atoms with Crippen molar-refractivity contribution in [3.05, 3.63) is 243 Å². The van der Waals surface area contributed by atoms with Crippen molar-refractivity contribution in [2.75, 3.05) is 4.90 Å². The van der Waals surface area contributed by atoms with Crippen molar-refractivity contribution >= 4 is 71.2 Å². The number of para-hydroxylation sites is 2. The van der Waals surface area contributed by atoms with Crippen molar-refractivity contribution in [3.8, 4) is 39.1 Å². The molecule has 0 saturated heterocycles. The number of anilines is 3. The fraction of sp³-hybridized carbons (Fsp3) is 0. The van der Waals surface area contributed by atoms with Gasteiger partial charge in [-0.15, -0.1) is 0 Å². The van der Waals surface area contributed by atoms with Crippen molar-refractivity contribution in [3.63, 3.8) is 0 Å². The van der Waals surface area contributed by atoms with Gasteiger partial charge in [0.05, 0.1) is 11.0 Å². The Balaban J connectivity index is 1.06. The second-order valence-electron chi connectivity index (χ2n) is 16.2. The van der Waals surface area contributed by atoms with Gasteiger partial charge in [-0.2, -0.15) is 0 Å². The van der Waals surface area contributed by atoms with Crippen molar-refractivity contribution < 1.29 is 0 Å². The molecule has 1 heterocycles. The molecule has 0 aliphatic rings. The van der Waals surface area contributed by atoms with E-state index < -0.39 is 0 Å². The molecule has 0 bridgehead atoms. The number of nitrogens with zero attached hydrogens (tertiary/aromatic N) is 2. The molecular weight excluding hydrogens is 749 g/mol. The minimum absolute atomic E-state index is 1.09. The third-order valence-corrected chi connectivity index (χ3v) is 12.5. The molecule has 0 amide bonds. The summed E-state index contributed by atoms with van der Waals surface area (Å²) in [6.07, 6.45) is 0. The van der Waals surface area contributed by atoms with Crippen LogP contribution in [0.15, 0.2) is 243 Å². The van der Waals surface area contributed by atoms with Crippen molar-refractivity contribution in [1.82, 2.24) is 4.57 Å². The van der Waals surface area contributed by atoms with Crippen LogP contribution in [0.25, 0.3) is 93.2 Å². The standard InChI is InChI=1S/C60H40N2/c1-3-14-41(15-4-1)49-39-57(60-56-24-11-12-25-58(56)62(59(60)40-49)50-20-5-2-6-21-50)47-19-13-22-52(37-47)61(53-34-35-55-48(38-53)29-27-44-17-9-10-23-54(44)55)51-32-30-43(31-33-51)46-28-26-42-16-7-8-18-45(42)36-46/h1-40H. The molecule has 0 saturated carbocycles. The molecule has 0 atom stereocenters. The van der Waals surface area contributed by atoms with E-state index in [1.807, 2.05) is 0 Å². The summed E-state index contributed by atoms with van der Waals surface area (Å²) in [6, 6.07) is 88.6. The topological polar surface area (TPSA) is 8.17 Å². The summed E-state index contributed by atoms with van der Waals surface area (Å²) in [5, 5.41) is 9.94. The molecular formula is C60H40N2. The summed E-state index contributed by atoms with van der Waals surface area (Å²) in [6.45, 7) is 0. The van der Waals surface area contributed by atoms with Crippen molar-refractivity contribution in [2.24, 2.45) is 0 Å². The molecule has 0 unspecified atom stereocenters. The minimum atomic E-state index is 1.09. The highest BCUT2D eigenvalue weighted by Crippen LogP contribution is 2.44. The largest absolute Gasteiger partial charge is 0.310 e. The third-order valence-electron chi connectivity index (χ3n) is 12.5. The summed E-state index contributed by atoms with van der Waals surface area (Å²) in [4.78, 5) is 2.41. The highest BCUT2D eigenvalue weighted by atomic mass is 15.1. The molecule has 0 spiro atoms. The molecule has 11 aromatic carbocycles. The lowest BCUT2D eigenvalue weighted by Gasteiger charge is -2.27. The summed E-state index contributed by atoms with van der Waals surface area (Å²) < 4.78 is 2.42. The number of hydrogen-bond donors (Lipinski definition) is 0. The van der Waals surface area contributed by atoms with Crippen LogP contribution in [0.4, 0.5) is 17.1 Å². The van der Waals surface area contributed by atoms with E-state index in [0.29, 0.717) is 0 Å². The lowest BCUT2D eigenvalue weighted by Crippen LogP contribution is -2.10. The van der Waals surface area contributed by atoms with Gasteiger partial charge >= 0.3 is 0 Å². The average molecular weight is 789 g/mol. The fourth-order valence-corrected chi connectivity index (χ4v) is 9.55. The lowest BCUT2D eigenvalue weighted by atomic mass is 9.94. The SMILES string of the molecule is c1ccc(-c2cc(-c3cccc(N(c4ccc(-c5ccc6ccccc6c5)cc4)c4ccc5c(ccc6ccccc65)c4)c3)c3c4ccccc4n(-c4ccccc4)c3c2)cc1. The molecule has 0 N–H and O–H groups in total. The van der Waals surface area contributed by atoms with E-state index in [1.54, 1.807) is 0 Å². The Hall–Kier alpha value is -8.20. The first-order chi connectivity index (χ1) is 30.7. The molecule has 12 rings (SSSR count). The quantitative estimate of drug-likeness (QED) is 0.146. The molecule has 0 aliphatic carbocycles. The zero-order valence-corrected chi connectivity index (χ0v) is 34.0. The maximum absolute atomic E-state index is 2.42. The molecule has 62 heavy (non-hydrogen) atoms. The predicted molar refractivity (Wildman–Crippen MR) is 264 cm³/mol. The van der Waals surface area contributed by atoms with Crippen LogP contribution in [-0.2, 0) is 0 Å². The Morgan fingerprint density at radius 1 is 0.274 bits per heavy atom. The van der Waals surface area contributed by atoms with Gasteiger partial charge in [0.15, 0.2) is 0 Å². The summed E-state index contributed by atoms with van der Waals surface area (Å²) in [7, 11) is 0. The number of benzene rings is 11. The number of rotatable bonds is 7. The molecule has 0 aliphatic heterocycles. The van der Waals surface area contributed by atoms with Gasteiger partial charge in [0.25, 0.3) is 0 Å². The molecule has 290 valence electrons. The van der Waals surface area contributed by atoms with Gasteiger partial charge in [-0.25, -0.2) is 0 Å². The monoisotopic (exact) mass is 788 g/mol. The lowest BCUT2D eigenvalue weighted by molar-refractivity contribution is 1.18. The normalized spacial score (nSPS) is 11.5. The van der Waals surface area contributed by atoms with Gasteiger partial charge < -0.3 is 9.47 Å². The van der Waals surface area contributed by atoms with Crippen LogP contribution in [0, 0.1) is 0 Å². The second-order valence-corrected chi connectivity index (χ2v) is 16.2. The van der Waals surface area contributed by atoms with E-state index in [-0.39, 0.29) is 0 Å². The average Bonchev–Trinajstić information content (AvgIpc) is 3.69. The molecule has 12 aromatic rings. The van der Waals surface area contributed by atoms with Crippen LogP contribution < -0.4 is 4.90 Å². The molecule has 2 nitrogen and oxygen atoms in total. The highest BCUT2D eigenvalue weighted by Gasteiger charge is 2.20. The van der Waals surface area contributed by atoms with Crippen molar-refractivity contribution in [2.45, 2.75) is 0 Å². The molecule has 1 aromatic heterocycles. The van der Waals surface area contributed by atoms with Gasteiger partial charge in [0, 0.05) is 33.5 Å². The Morgan fingerprint density at radius 3 is 1.71 bits per heavy atom. The third kappa shape index (κ3) is 6.12.